The summed E-state index contributed by atoms with van der Waals surface area (Å²) in [7, 11) is 0. The van der Waals surface area contributed by atoms with E-state index in [2.05, 4.69) is 15.6 Å². The van der Waals surface area contributed by atoms with Gasteiger partial charge in [0.05, 0.1) is 29.3 Å². The Morgan fingerprint density at radius 2 is 2.32 bits per heavy atom. The molecule has 98 valence electrons. The lowest BCUT2D eigenvalue weighted by Crippen LogP contribution is -2.06. The van der Waals surface area contributed by atoms with Gasteiger partial charge in [-0.05, 0) is 38.0 Å². The summed E-state index contributed by atoms with van der Waals surface area (Å²) >= 11 is 0. The molecule has 4 nitrogen and oxygen atoms in total. The van der Waals surface area contributed by atoms with Gasteiger partial charge >= 0.3 is 0 Å². The maximum absolute atomic E-state index is 8.96. The molecule has 19 heavy (non-hydrogen) atoms. The van der Waals surface area contributed by atoms with E-state index in [1.54, 1.807) is 0 Å². The molecule has 0 radical (unpaired) electrons. The van der Waals surface area contributed by atoms with E-state index in [-0.39, 0.29) is 0 Å². The standard InChI is InChI=1S/C15H17N3O/c1-2-19-8-7-15-17-13-9-11(10-16)3-6-14(13)18(15)12-4-5-12/h3,6,9,12H,2,4-5,7-8H2,1H3. The predicted molar refractivity (Wildman–Crippen MR) is 72.9 cm³/mol. The molecule has 1 aromatic carbocycles. The molecule has 0 atom stereocenters. The zero-order valence-electron chi connectivity index (χ0n) is 11.1. The van der Waals surface area contributed by atoms with Crippen LogP contribution in [0, 0.1) is 11.3 Å². The topological polar surface area (TPSA) is 50.8 Å². The van der Waals surface area contributed by atoms with Gasteiger partial charge in [0.2, 0.25) is 0 Å². The highest BCUT2D eigenvalue weighted by Crippen LogP contribution is 2.38. The molecule has 0 unspecified atom stereocenters. The Bertz CT molecular complexity index is 635. The van der Waals surface area contributed by atoms with E-state index in [1.807, 2.05) is 25.1 Å². The number of nitriles is 1. The van der Waals surface area contributed by atoms with Crippen LogP contribution in [0.5, 0.6) is 0 Å². The van der Waals surface area contributed by atoms with E-state index >= 15 is 0 Å². The van der Waals surface area contributed by atoms with Gasteiger partial charge in [0.25, 0.3) is 0 Å². The molecular weight excluding hydrogens is 238 g/mol. The maximum Gasteiger partial charge on any atom is 0.112 e. The molecule has 4 heteroatoms. The third-order valence-corrected chi connectivity index (χ3v) is 3.48. The monoisotopic (exact) mass is 255 g/mol. The van der Waals surface area contributed by atoms with Crippen LogP contribution in [0.3, 0.4) is 0 Å². The molecule has 0 saturated heterocycles. The summed E-state index contributed by atoms with van der Waals surface area (Å²) in [4.78, 5) is 4.69. The molecule has 0 spiro atoms. The number of ether oxygens (including phenoxy) is 1. The highest BCUT2D eigenvalue weighted by molar-refractivity contribution is 5.78. The quantitative estimate of drug-likeness (QED) is 0.772. The predicted octanol–water partition coefficient (Wildman–Crippen LogP) is 2.82. The van der Waals surface area contributed by atoms with E-state index in [4.69, 9.17) is 10.00 Å². The van der Waals surface area contributed by atoms with Gasteiger partial charge < -0.3 is 9.30 Å². The minimum Gasteiger partial charge on any atom is -0.381 e. The van der Waals surface area contributed by atoms with Crippen molar-refractivity contribution in [2.24, 2.45) is 0 Å². The third kappa shape index (κ3) is 2.34. The Hall–Kier alpha value is -1.86. The summed E-state index contributed by atoms with van der Waals surface area (Å²) in [5.41, 5.74) is 2.75. The Labute approximate surface area is 112 Å². The van der Waals surface area contributed by atoms with E-state index in [1.165, 1.54) is 12.8 Å². The van der Waals surface area contributed by atoms with Crippen LogP contribution < -0.4 is 0 Å². The highest BCUT2D eigenvalue weighted by atomic mass is 16.5. The SMILES string of the molecule is CCOCCc1nc2cc(C#N)ccc2n1C1CC1. The second-order valence-corrected chi connectivity index (χ2v) is 4.89. The normalized spacial score (nSPS) is 14.7. The number of fused-ring (bicyclic) bond motifs is 1. The van der Waals surface area contributed by atoms with Crippen LogP contribution in [0.4, 0.5) is 0 Å². The van der Waals surface area contributed by atoms with Gasteiger partial charge in [-0.3, -0.25) is 0 Å². The Morgan fingerprint density at radius 1 is 1.47 bits per heavy atom. The van der Waals surface area contributed by atoms with Gasteiger partial charge in [-0.15, -0.1) is 0 Å². The molecular formula is C15H17N3O. The Kier molecular flexibility index (Phi) is 3.22. The van der Waals surface area contributed by atoms with E-state index < -0.39 is 0 Å². The van der Waals surface area contributed by atoms with E-state index in [0.29, 0.717) is 18.2 Å². The summed E-state index contributed by atoms with van der Waals surface area (Å²) in [6.07, 6.45) is 3.29. The molecule has 0 N–H and O–H groups in total. The van der Waals surface area contributed by atoms with Gasteiger partial charge in [0.1, 0.15) is 5.82 Å². The molecule has 3 rings (SSSR count). The summed E-state index contributed by atoms with van der Waals surface area (Å²) in [5, 5.41) is 8.96. The number of hydrogen-bond donors (Lipinski definition) is 0. The van der Waals surface area contributed by atoms with Crippen LogP contribution in [-0.4, -0.2) is 22.8 Å². The van der Waals surface area contributed by atoms with E-state index in [0.717, 1.165) is 29.9 Å². The molecule has 2 aromatic rings. The molecule has 1 aromatic heterocycles. The minimum atomic E-state index is 0.592. The van der Waals surface area contributed by atoms with Crippen LogP contribution in [0.15, 0.2) is 18.2 Å². The van der Waals surface area contributed by atoms with Crippen molar-refractivity contribution >= 4 is 11.0 Å². The van der Waals surface area contributed by atoms with Gasteiger partial charge in [0.15, 0.2) is 0 Å². The van der Waals surface area contributed by atoms with Crippen molar-refractivity contribution in [3.8, 4) is 6.07 Å². The van der Waals surface area contributed by atoms with E-state index in [9.17, 15) is 0 Å². The average molecular weight is 255 g/mol. The maximum atomic E-state index is 8.96. The van der Waals surface area contributed by atoms with Crippen LogP contribution in [0.25, 0.3) is 11.0 Å². The fourth-order valence-electron chi connectivity index (χ4n) is 2.44. The molecule has 0 bridgehead atoms. The van der Waals surface area contributed by atoms with Crippen molar-refractivity contribution in [2.45, 2.75) is 32.2 Å². The number of imidazole rings is 1. The zero-order chi connectivity index (χ0) is 13.2. The average Bonchev–Trinajstić information content (AvgIpc) is 3.20. The van der Waals surface area contributed by atoms with Crippen molar-refractivity contribution in [2.75, 3.05) is 13.2 Å². The fourth-order valence-corrected chi connectivity index (χ4v) is 2.44. The van der Waals surface area contributed by atoms with Crippen molar-refractivity contribution < 1.29 is 4.74 Å². The van der Waals surface area contributed by atoms with Gasteiger partial charge in [-0.1, -0.05) is 0 Å². The molecule has 1 fully saturated rings. The minimum absolute atomic E-state index is 0.592. The first kappa shape index (κ1) is 12.2. The molecule has 1 saturated carbocycles. The van der Waals surface area contributed by atoms with Crippen molar-refractivity contribution in [1.82, 2.24) is 9.55 Å². The number of aromatic nitrogens is 2. The fraction of sp³-hybridized carbons (Fsp3) is 0.467. The van der Waals surface area contributed by atoms with Crippen LogP contribution in [0.2, 0.25) is 0 Å². The lowest BCUT2D eigenvalue weighted by Gasteiger charge is -2.07. The van der Waals surface area contributed by atoms with Gasteiger partial charge in [-0.2, -0.15) is 5.26 Å². The lowest BCUT2D eigenvalue weighted by molar-refractivity contribution is 0.149. The molecule has 1 aliphatic rings. The van der Waals surface area contributed by atoms with Crippen LogP contribution in [-0.2, 0) is 11.2 Å². The first-order chi connectivity index (χ1) is 9.33. The zero-order valence-corrected chi connectivity index (χ0v) is 11.1. The van der Waals surface area contributed by atoms with Crippen molar-refractivity contribution in [3.63, 3.8) is 0 Å². The summed E-state index contributed by atoms with van der Waals surface area (Å²) < 4.78 is 7.76. The van der Waals surface area contributed by atoms with Gasteiger partial charge in [-0.25, -0.2) is 4.98 Å². The smallest absolute Gasteiger partial charge is 0.112 e. The molecule has 1 aliphatic carbocycles. The second-order valence-electron chi connectivity index (χ2n) is 4.89. The number of nitrogens with zero attached hydrogens (tertiary/aromatic N) is 3. The van der Waals surface area contributed by atoms with Crippen molar-refractivity contribution in [1.29, 1.82) is 5.26 Å². The second kappa shape index (κ2) is 5.02. The van der Waals surface area contributed by atoms with Gasteiger partial charge in [0, 0.05) is 19.1 Å². The summed E-state index contributed by atoms with van der Waals surface area (Å²) in [5.74, 6) is 1.08. The lowest BCUT2D eigenvalue weighted by atomic mass is 10.2. The summed E-state index contributed by atoms with van der Waals surface area (Å²) in [6.45, 7) is 3.45. The largest absolute Gasteiger partial charge is 0.381 e. The Morgan fingerprint density at radius 3 is 3.00 bits per heavy atom. The van der Waals surface area contributed by atoms with Crippen molar-refractivity contribution in [3.05, 3.63) is 29.6 Å². The first-order valence-corrected chi connectivity index (χ1v) is 6.82. The van der Waals surface area contributed by atoms with Crippen LogP contribution >= 0.6 is 0 Å². The molecule has 0 amide bonds. The Balaban J connectivity index is 2.00. The third-order valence-electron chi connectivity index (χ3n) is 3.48. The molecule has 1 heterocycles. The van der Waals surface area contributed by atoms with Crippen LogP contribution in [0.1, 0.15) is 37.2 Å². The molecule has 0 aliphatic heterocycles. The number of rotatable bonds is 5. The number of benzene rings is 1. The number of hydrogen-bond acceptors (Lipinski definition) is 3. The first-order valence-electron chi connectivity index (χ1n) is 6.82. The summed E-state index contributed by atoms with van der Waals surface area (Å²) in [6, 6.07) is 8.52. The highest BCUT2D eigenvalue weighted by Gasteiger charge is 2.27.